The SMILES string of the molecule is CCCCC/C=C\C/C=C\C/C=C\C/C=C\CCCCCC(=O)O[C@H](COC(=O)CCC/C=C\C/C=C\C/C=C\C/C=C\C=C\[C@@H](O)CC)COP(=O)(O)OC[C@@H](O)CO. The van der Waals surface area contributed by atoms with E-state index < -0.39 is 57.9 Å². The maximum Gasteiger partial charge on any atom is 0.472 e. The van der Waals surface area contributed by atoms with Crippen LogP contribution in [0.5, 0.6) is 0 Å². The number of aliphatic hydroxyl groups excluding tert-OH is 3. The molecule has 4 atom stereocenters. The molecule has 0 saturated carbocycles. The molecule has 0 spiro atoms. The van der Waals surface area contributed by atoms with Crippen molar-refractivity contribution in [3.05, 3.63) is 109 Å². The molecule has 340 valence electrons. The van der Waals surface area contributed by atoms with Gasteiger partial charge in [0.2, 0.25) is 0 Å². The zero-order chi connectivity index (χ0) is 44.2. The minimum Gasteiger partial charge on any atom is -0.462 e. The van der Waals surface area contributed by atoms with Crippen molar-refractivity contribution >= 4 is 19.8 Å². The molecule has 12 heteroatoms. The van der Waals surface area contributed by atoms with Gasteiger partial charge in [0, 0.05) is 12.8 Å². The second-order valence-electron chi connectivity index (χ2n) is 14.2. The summed E-state index contributed by atoms with van der Waals surface area (Å²) in [6, 6.07) is 0. The Bertz CT molecular complexity index is 1380. The Morgan fingerprint density at radius 2 is 1.05 bits per heavy atom. The molecular formula is C48H77O11P. The first kappa shape index (κ1) is 56.6. The summed E-state index contributed by atoms with van der Waals surface area (Å²) in [5, 5.41) is 27.8. The maximum absolute atomic E-state index is 12.6. The van der Waals surface area contributed by atoms with E-state index in [1.807, 2.05) is 37.3 Å². The number of esters is 2. The van der Waals surface area contributed by atoms with E-state index in [2.05, 4.69) is 84.4 Å². The number of unbranched alkanes of at least 4 members (excludes halogenated alkanes) is 7. The second kappa shape index (κ2) is 42.3. The fourth-order valence-electron chi connectivity index (χ4n) is 5.02. The predicted molar refractivity (Wildman–Crippen MR) is 243 cm³/mol. The first-order chi connectivity index (χ1) is 29.1. The summed E-state index contributed by atoms with van der Waals surface area (Å²) in [6.45, 7) is 1.88. The molecule has 0 saturated heterocycles. The minimum atomic E-state index is -4.66. The van der Waals surface area contributed by atoms with Gasteiger partial charge < -0.3 is 29.7 Å². The van der Waals surface area contributed by atoms with Crippen molar-refractivity contribution < 1.29 is 52.9 Å². The summed E-state index contributed by atoms with van der Waals surface area (Å²) >= 11 is 0. The maximum atomic E-state index is 12.6. The van der Waals surface area contributed by atoms with Crippen LogP contribution in [0.25, 0.3) is 0 Å². The van der Waals surface area contributed by atoms with Crippen LogP contribution in [0.3, 0.4) is 0 Å². The Labute approximate surface area is 361 Å². The van der Waals surface area contributed by atoms with Crippen LogP contribution >= 0.6 is 7.82 Å². The second-order valence-corrected chi connectivity index (χ2v) is 15.6. The molecule has 0 aliphatic rings. The van der Waals surface area contributed by atoms with E-state index in [0.29, 0.717) is 25.7 Å². The summed E-state index contributed by atoms with van der Waals surface area (Å²) in [6.07, 6.45) is 50.1. The molecule has 4 N–H and O–H groups in total. The summed E-state index contributed by atoms with van der Waals surface area (Å²) in [7, 11) is -4.66. The Morgan fingerprint density at radius 1 is 0.567 bits per heavy atom. The molecule has 0 bridgehead atoms. The van der Waals surface area contributed by atoms with Gasteiger partial charge in [0.15, 0.2) is 6.10 Å². The van der Waals surface area contributed by atoms with E-state index in [-0.39, 0.29) is 19.4 Å². The smallest absolute Gasteiger partial charge is 0.462 e. The summed E-state index contributed by atoms with van der Waals surface area (Å²) in [5.74, 6) is -1.06. The van der Waals surface area contributed by atoms with E-state index in [1.54, 1.807) is 6.08 Å². The average molecular weight is 861 g/mol. The van der Waals surface area contributed by atoms with Crippen molar-refractivity contribution in [2.24, 2.45) is 0 Å². The largest absolute Gasteiger partial charge is 0.472 e. The summed E-state index contributed by atoms with van der Waals surface area (Å²) in [4.78, 5) is 35.0. The first-order valence-electron chi connectivity index (χ1n) is 22.0. The van der Waals surface area contributed by atoms with Crippen LogP contribution in [0, 0.1) is 0 Å². The lowest BCUT2D eigenvalue weighted by molar-refractivity contribution is -0.161. The number of phosphoric ester groups is 1. The predicted octanol–water partition coefficient (Wildman–Crippen LogP) is 10.7. The number of hydrogen-bond acceptors (Lipinski definition) is 10. The quantitative estimate of drug-likeness (QED) is 0.0153. The van der Waals surface area contributed by atoms with Gasteiger partial charge in [0.05, 0.1) is 25.9 Å². The van der Waals surface area contributed by atoms with Gasteiger partial charge in [-0.2, -0.15) is 0 Å². The minimum absolute atomic E-state index is 0.120. The molecule has 11 nitrogen and oxygen atoms in total. The third kappa shape index (κ3) is 41.3. The number of ether oxygens (including phenoxy) is 2. The van der Waals surface area contributed by atoms with Crippen LogP contribution in [-0.4, -0.2) is 76.9 Å². The highest BCUT2D eigenvalue weighted by molar-refractivity contribution is 7.47. The zero-order valence-electron chi connectivity index (χ0n) is 36.5. The Morgan fingerprint density at radius 3 is 1.58 bits per heavy atom. The van der Waals surface area contributed by atoms with E-state index in [4.69, 9.17) is 19.1 Å². The van der Waals surface area contributed by atoms with Gasteiger partial charge >= 0.3 is 19.8 Å². The monoisotopic (exact) mass is 861 g/mol. The van der Waals surface area contributed by atoms with Crippen LogP contribution in [0.15, 0.2) is 109 Å². The summed E-state index contributed by atoms with van der Waals surface area (Å²) in [5.41, 5.74) is 0. The molecule has 0 radical (unpaired) electrons. The van der Waals surface area contributed by atoms with Gasteiger partial charge in [0.1, 0.15) is 12.7 Å². The van der Waals surface area contributed by atoms with Gasteiger partial charge in [-0.3, -0.25) is 18.6 Å². The lowest BCUT2D eigenvalue weighted by Gasteiger charge is -2.20. The number of rotatable bonds is 39. The number of hydrogen-bond donors (Lipinski definition) is 4. The topological polar surface area (TPSA) is 169 Å². The van der Waals surface area contributed by atoms with E-state index >= 15 is 0 Å². The number of carbonyl (C=O) groups is 2. The fourth-order valence-corrected chi connectivity index (χ4v) is 5.81. The van der Waals surface area contributed by atoms with Gasteiger partial charge in [-0.1, -0.05) is 142 Å². The van der Waals surface area contributed by atoms with Crippen molar-refractivity contribution in [2.45, 2.75) is 154 Å². The van der Waals surface area contributed by atoms with E-state index in [9.17, 15) is 29.3 Å². The Kier molecular flexibility index (Phi) is 39.9. The van der Waals surface area contributed by atoms with Crippen molar-refractivity contribution in [1.82, 2.24) is 0 Å². The van der Waals surface area contributed by atoms with Crippen LogP contribution < -0.4 is 0 Å². The van der Waals surface area contributed by atoms with Crippen LogP contribution in [0.1, 0.15) is 136 Å². The third-order valence-electron chi connectivity index (χ3n) is 8.57. The molecule has 0 aromatic heterocycles. The summed E-state index contributed by atoms with van der Waals surface area (Å²) < 4.78 is 32.6. The lowest BCUT2D eigenvalue weighted by atomic mass is 10.1. The van der Waals surface area contributed by atoms with E-state index in [1.165, 1.54) is 25.7 Å². The van der Waals surface area contributed by atoms with Crippen LogP contribution in [0.4, 0.5) is 0 Å². The molecule has 0 amide bonds. The number of carbonyl (C=O) groups excluding carboxylic acids is 2. The molecule has 0 rings (SSSR count). The van der Waals surface area contributed by atoms with Crippen molar-refractivity contribution in [2.75, 3.05) is 26.4 Å². The molecule has 0 fully saturated rings. The molecule has 0 aromatic carbocycles. The lowest BCUT2D eigenvalue weighted by Crippen LogP contribution is -2.29. The fraction of sp³-hybridized carbons (Fsp3) is 0.583. The molecular weight excluding hydrogens is 783 g/mol. The number of aliphatic hydroxyl groups is 3. The normalized spacial score (nSPS) is 15.4. The van der Waals surface area contributed by atoms with E-state index in [0.717, 1.165) is 57.8 Å². The van der Waals surface area contributed by atoms with Gasteiger partial charge in [-0.25, -0.2) is 4.57 Å². The molecule has 0 aliphatic carbocycles. The highest BCUT2D eigenvalue weighted by Crippen LogP contribution is 2.43. The van der Waals surface area contributed by atoms with Crippen molar-refractivity contribution in [3.8, 4) is 0 Å². The highest BCUT2D eigenvalue weighted by Gasteiger charge is 2.27. The van der Waals surface area contributed by atoms with Gasteiger partial charge in [-0.05, 0) is 89.9 Å². The standard InChI is InChI=1S/C48H77O11P/c1-3-5-6-7-8-9-10-11-12-13-14-15-16-21-24-27-30-33-36-39-48(53)59-46(43-58-60(54,55)57-41-45(51)40-49)42-56-47(52)38-35-32-29-26-23-20-18-17-19-22-25-28-31-34-37-44(50)4-2/h8-9,11-12,14-15,18-22,24,26,28-29,31,34,37,44-46,49-51H,3-7,10,13,16-17,23,25,27,30,32-33,35-36,38-43H2,1-2H3,(H,54,55)/b9-8-,12-11-,15-14-,20-18-,22-19-,24-21-,29-26-,31-28-,37-34+/t44-,45-,46+/m0/s1. The highest BCUT2D eigenvalue weighted by atomic mass is 31.2. The zero-order valence-corrected chi connectivity index (χ0v) is 37.4. The Balaban J connectivity index is 4.49. The molecule has 0 aromatic rings. The number of allylic oxidation sites excluding steroid dienone is 17. The molecule has 0 heterocycles. The van der Waals surface area contributed by atoms with Gasteiger partial charge in [-0.15, -0.1) is 0 Å². The number of phosphoric acid groups is 1. The first-order valence-corrected chi connectivity index (χ1v) is 23.4. The van der Waals surface area contributed by atoms with Crippen LogP contribution in [0.2, 0.25) is 0 Å². The molecule has 0 aliphatic heterocycles. The van der Waals surface area contributed by atoms with Crippen LogP contribution in [-0.2, 0) is 32.7 Å². The average Bonchev–Trinajstić information content (AvgIpc) is 3.24. The van der Waals surface area contributed by atoms with Crippen molar-refractivity contribution in [1.29, 1.82) is 0 Å². The third-order valence-corrected chi connectivity index (χ3v) is 9.52. The van der Waals surface area contributed by atoms with Gasteiger partial charge in [0.25, 0.3) is 0 Å². The molecule has 1 unspecified atom stereocenters. The Hall–Kier alpha value is -3.41. The van der Waals surface area contributed by atoms with Crippen molar-refractivity contribution in [3.63, 3.8) is 0 Å². The molecule has 60 heavy (non-hydrogen) atoms.